The average Bonchev–Trinajstić information content (AvgIpc) is 2.41. The van der Waals surface area contributed by atoms with Crippen LogP contribution in [0.4, 0.5) is 5.69 Å². The number of nitro groups is 1. The Bertz CT molecular complexity index is 510. The highest BCUT2D eigenvalue weighted by atomic mass is 16.6. The zero-order chi connectivity index (χ0) is 15.0. The van der Waals surface area contributed by atoms with Crippen LogP contribution < -0.4 is 4.74 Å². The summed E-state index contributed by atoms with van der Waals surface area (Å²) in [5.41, 5.74) is 0.428. The van der Waals surface area contributed by atoms with Crippen LogP contribution in [0.3, 0.4) is 0 Å². The number of aliphatic carboxylic acids is 1. The van der Waals surface area contributed by atoms with Crippen LogP contribution in [0.5, 0.6) is 5.75 Å². The smallest absolute Gasteiger partial charge is 0.328 e. The van der Waals surface area contributed by atoms with E-state index in [0.29, 0.717) is 12.2 Å². The van der Waals surface area contributed by atoms with Crippen molar-refractivity contribution in [2.45, 2.75) is 26.2 Å². The molecule has 0 aliphatic heterocycles. The highest BCUT2D eigenvalue weighted by molar-refractivity contribution is 5.85. The van der Waals surface area contributed by atoms with Gasteiger partial charge in [-0.15, -0.1) is 0 Å². The Morgan fingerprint density at radius 3 is 2.80 bits per heavy atom. The Morgan fingerprint density at radius 2 is 2.20 bits per heavy atom. The third-order valence-electron chi connectivity index (χ3n) is 2.60. The van der Waals surface area contributed by atoms with E-state index in [0.717, 1.165) is 25.3 Å². The van der Waals surface area contributed by atoms with Gasteiger partial charge >= 0.3 is 11.7 Å². The second kappa shape index (κ2) is 7.93. The predicted molar refractivity (Wildman–Crippen MR) is 74.8 cm³/mol. The molecule has 0 spiro atoms. The molecule has 0 saturated carbocycles. The second-order valence-corrected chi connectivity index (χ2v) is 4.21. The van der Waals surface area contributed by atoms with Crippen LogP contribution in [-0.2, 0) is 4.79 Å². The van der Waals surface area contributed by atoms with E-state index in [1.165, 1.54) is 24.3 Å². The third-order valence-corrected chi connectivity index (χ3v) is 2.60. The van der Waals surface area contributed by atoms with Gasteiger partial charge in [0.25, 0.3) is 0 Å². The first-order chi connectivity index (χ1) is 9.54. The number of unbranched alkanes of at least 4 members (excludes halogenated alkanes) is 2. The van der Waals surface area contributed by atoms with Gasteiger partial charge in [0.05, 0.1) is 11.5 Å². The summed E-state index contributed by atoms with van der Waals surface area (Å²) in [5, 5.41) is 19.5. The number of carboxylic acid groups (broad SMARTS) is 1. The summed E-state index contributed by atoms with van der Waals surface area (Å²) < 4.78 is 5.43. The normalized spacial score (nSPS) is 10.7. The van der Waals surface area contributed by atoms with Crippen molar-refractivity contribution in [3.8, 4) is 5.75 Å². The van der Waals surface area contributed by atoms with Crippen molar-refractivity contribution < 1.29 is 19.6 Å². The standard InChI is InChI=1S/C14H17NO5/c1-2-3-4-9-20-13-10-11(6-8-14(16)17)5-7-12(13)15(18)19/h5-8,10H,2-4,9H2,1H3,(H,16,17). The summed E-state index contributed by atoms with van der Waals surface area (Å²) in [6.45, 7) is 2.46. The van der Waals surface area contributed by atoms with E-state index in [4.69, 9.17) is 9.84 Å². The molecule has 6 heteroatoms. The van der Waals surface area contributed by atoms with Gasteiger partial charge in [0.1, 0.15) is 0 Å². The predicted octanol–water partition coefficient (Wildman–Crippen LogP) is 3.26. The number of ether oxygens (including phenoxy) is 1. The Labute approximate surface area is 116 Å². The number of rotatable bonds is 8. The first kappa shape index (κ1) is 15.7. The molecule has 0 aliphatic rings. The van der Waals surface area contributed by atoms with Gasteiger partial charge in [0.15, 0.2) is 5.75 Å². The molecule has 108 valence electrons. The molecule has 1 rings (SSSR count). The molecule has 0 amide bonds. The minimum atomic E-state index is -1.08. The summed E-state index contributed by atoms with van der Waals surface area (Å²) >= 11 is 0. The summed E-state index contributed by atoms with van der Waals surface area (Å²) in [4.78, 5) is 20.8. The molecule has 6 nitrogen and oxygen atoms in total. The van der Waals surface area contributed by atoms with Gasteiger partial charge in [-0.05, 0) is 30.2 Å². The number of hydrogen-bond donors (Lipinski definition) is 1. The van der Waals surface area contributed by atoms with E-state index in [1.807, 2.05) is 0 Å². The van der Waals surface area contributed by atoms with Gasteiger partial charge in [-0.3, -0.25) is 10.1 Å². The minimum absolute atomic E-state index is 0.117. The molecular formula is C14H17NO5. The lowest BCUT2D eigenvalue weighted by Gasteiger charge is -2.07. The topological polar surface area (TPSA) is 89.7 Å². The van der Waals surface area contributed by atoms with E-state index >= 15 is 0 Å². The van der Waals surface area contributed by atoms with Gasteiger partial charge in [0, 0.05) is 12.1 Å². The van der Waals surface area contributed by atoms with Gasteiger partial charge < -0.3 is 9.84 Å². The van der Waals surface area contributed by atoms with Gasteiger partial charge in [-0.2, -0.15) is 0 Å². The maximum absolute atomic E-state index is 10.9. The Balaban J connectivity index is 2.88. The highest BCUT2D eigenvalue weighted by Gasteiger charge is 2.15. The maximum Gasteiger partial charge on any atom is 0.328 e. The summed E-state index contributed by atoms with van der Waals surface area (Å²) in [6, 6.07) is 4.27. The second-order valence-electron chi connectivity index (χ2n) is 4.21. The molecule has 0 unspecified atom stereocenters. The van der Waals surface area contributed by atoms with Crippen molar-refractivity contribution in [3.63, 3.8) is 0 Å². The fraction of sp³-hybridized carbons (Fsp3) is 0.357. The zero-order valence-electron chi connectivity index (χ0n) is 11.2. The molecule has 1 aromatic carbocycles. The molecule has 0 saturated heterocycles. The molecular weight excluding hydrogens is 262 g/mol. The molecule has 0 radical (unpaired) electrons. The summed E-state index contributed by atoms with van der Waals surface area (Å²) in [5.74, 6) is -0.910. The zero-order valence-corrected chi connectivity index (χ0v) is 11.2. The van der Waals surface area contributed by atoms with Crippen molar-refractivity contribution in [2.75, 3.05) is 6.61 Å². The molecule has 1 aromatic rings. The number of carboxylic acids is 1. The van der Waals surface area contributed by atoms with Crippen LogP contribution in [0.15, 0.2) is 24.3 Å². The van der Waals surface area contributed by atoms with E-state index in [9.17, 15) is 14.9 Å². The lowest BCUT2D eigenvalue weighted by molar-refractivity contribution is -0.385. The van der Waals surface area contributed by atoms with Crippen molar-refractivity contribution in [3.05, 3.63) is 40.0 Å². The molecule has 0 fully saturated rings. The van der Waals surface area contributed by atoms with Gasteiger partial charge in [-0.25, -0.2) is 4.79 Å². The number of nitrogens with zero attached hydrogens (tertiary/aromatic N) is 1. The van der Waals surface area contributed by atoms with Gasteiger partial charge in [0.2, 0.25) is 0 Å². The fourth-order valence-corrected chi connectivity index (χ4v) is 1.60. The van der Waals surface area contributed by atoms with Gasteiger partial charge in [-0.1, -0.05) is 19.8 Å². The average molecular weight is 279 g/mol. The molecule has 0 atom stereocenters. The first-order valence-corrected chi connectivity index (χ1v) is 6.37. The van der Waals surface area contributed by atoms with Crippen molar-refractivity contribution in [1.29, 1.82) is 0 Å². The molecule has 0 aromatic heterocycles. The number of carbonyl (C=O) groups is 1. The quantitative estimate of drug-likeness (QED) is 0.341. The highest BCUT2D eigenvalue weighted by Crippen LogP contribution is 2.28. The third kappa shape index (κ3) is 5.09. The van der Waals surface area contributed by atoms with Crippen LogP contribution in [0.2, 0.25) is 0 Å². The largest absolute Gasteiger partial charge is 0.487 e. The van der Waals surface area contributed by atoms with Crippen LogP contribution in [0.1, 0.15) is 31.7 Å². The number of benzene rings is 1. The van der Waals surface area contributed by atoms with Crippen LogP contribution in [0, 0.1) is 10.1 Å². The van der Waals surface area contributed by atoms with Crippen molar-refractivity contribution in [2.24, 2.45) is 0 Å². The molecule has 0 aliphatic carbocycles. The van der Waals surface area contributed by atoms with Crippen molar-refractivity contribution in [1.82, 2.24) is 0 Å². The lowest BCUT2D eigenvalue weighted by Crippen LogP contribution is -2.01. The van der Waals surface area contributed by atoms with E-state index in [1.54, 1.807) is 0 Å². The van der Waals surface area contributed by atoms with Crippen LogP contribution in [-0.4, -0.2) is 22.6 Å². The molecule has 20 heavy (non-hydrogen) atoms. The Kier molecular flexibility index (Phi) is 6.22. The van der Waals surface area contributed by atoms with Crippen molar-refractivity contribution >= 4 is 17.7 Å². The first-order valence-electron chi connectivity index (χ1n) is 6.37. The fourth-order valence-electron chi connectivity index (χ4n) is 1.60. The molecule has 1 N–H and O–H groups in total. The van der Waals surface area contributed by atoms with E-state index in [-0.39, 0.29) is 11.4 Å². The van der Waals surface area contributed by atoms with Crippen LogP contribution in [0.25, 0.3) is 6.08 Å². The Hall–Kier alpha value is -2.37. The maximum atomic E-state index is 10.9. The van der Waals surface area contributed by atoms with Crippen LogP contribution >= 0.6 is 0 Å². The minimum Gasteiger partial charge on any atom is -0.487 e. The summed E-state index contributed by atoms with van der Waals surface area (Å²) in [7, 11) is 0. The lowest BCUT2D eigenvalue weighted by atomic mass is 10.1. The molecule has 0 bridgehead atoms. The van der Waals surface area contributed by atoms with E-state index in [2.05, 4.69) is 6.92 Å². The molecule has 0 heterocycles. The summed E-state index contributed by atoms with van der Waals surface area (Å²) in [6.07, 6.45) is 5.19. The number of nitro benzene ring substituents is 1. The monoisotopic (exact) mass is 279 g/mol. The SMILES string of the molecule is CCCCCOc1cc(C=CC(=O)O)ccc1[N+](=O)[O-]. The Morgan fingerprint density at radius 1 is 1.45 bits per heavy atom. The van der Waals surface area contributed by atoms with E-state index < -0.39 is 10.9 Å². The number of hydrogen-bond acceptors (Lipinski definition) is 4.